The minimum atomic E-state index is 0.589. The SMILES string of the molecule is c1ccc(-c2ccc(-c3nc(-c4ccccc4)nc(-c4ccc5c(c4)oc4cccc(-c6cc(-c7ccccc7)cc7sc8ccccc8c67)c45)n3)cc2)cc1. The molecule has 0 spiro atoms. The Bertz CT molecular complexity index is 3230. The molecule has 0 saturated heterocycles. The molecule has 11 aromatic rings. The van der Waals surface area contributed by atoms with E-state index in [1.165, 1.54) is 42.4 Å². The Balaban J connectivity index is 1.07. The largest absolute Gasteiger partial charge is 0.456 e. The fourth-order valence-corrected chi connectivity index (χ4v) is 9.02. The quantitative estimate of drug-likeness (QED) is 0.171. The van der Waals surface area contributed by atoms with E-state index in [-0.39, 0.29) is 0 Å². The van der Waals surface area contributed by atoms with E-state index in [0.717, 1.165) is 49.8 Å². The van der Waals surface area contributed by atoms with Gasteiger partial charge in [-0.15, -0.1) is 11.3 Å². The first-order valence-corrected chi connectivity index (χ1v) is 19.5. The molecule has 0 aliphatic carbocycles. The number of aromatic nitrogens is 3. The second-order valence-corrected chi connectivity index (χ2v) is 15.1. The Morgan fingerprint density at radius 1 is 0.321 bits per heavy atom. The first-order chi connectivity index (χ1) is 27.7. The fraction of sp³-hybridized carbons (Fsp3) is 0. The molecule has 56 heavy (non-hydrogen) atoms. The molecule has 0 bridgehead atoms. The van der Waals surface area contributed by atoms with Gasteiger partial charge in [-0.25, -0.2) is 15.0 Å². The number of hydrogen-bond donors (Lipinski definition) is 0. The molecule has 5 heteroatoms. The molecule has 0 aliphatic rings. The van der Waals surface area contributed by atoms with E-state index in [9.17, 15) is 0 Å². The summed E-state index contributed by atoms with van der Waals surface area (Å²) >= 11 is 1.85. The molecule has 3 aromatic heterocycles. The lowest BCUT2D eigenvalue weighted by Gasteiger charge is -2.11. The number of fused-ring (bicyclic) bond motifs is 6. The van der Waals surface area contributed by atoms with Crippen LogP contribution in [0.5, 0.6) is 0 Å². The number of rotatable bonds is 6. The van der Waals surface area contributed by atoms with Crippen LogP contribution in [0.1, 0.15) is 0 Å². The van der Waals surface area contributed by atoms with Gasteiger partial charge in [0.15, 0.2) is 17.5 Å². The van der Waals surface area contributed by atoms with Crippen LogP contribution in [-0.4, -0.2) is 15.0 Å². The minimum Gasteiger partial charge on any atom is -0.456 e. The average molecular weight is 734 g/mol. The van der Waals surface area contributed by atoms with Crippen LogP contribution >= 0.6 is 11.3 Å². The van der Waals surface area contributed by atoms with Crippen molar-refractivity contribution in [1.29, 1.82) is 0 Å². The van der Waals surface area contributed by atoms with Gasteiger partial charge in [-0.1, -0.05) is 152 Å². The molecular weight excluding hydrogens is 703 g/mol. The Hall–Kier alpha value is -7.21. The number of furan rings is 1. The normalized spacial score (nSPS) is 11.6. The van der Waals surface area contributed by atoms with E-state index in [1.807, 2.05) is 47.7 Å². The van der Waals surface area contributed by atoms with E-state index >= 15 is 0 Å². The molecule has 0 amide bonds. The molecule has 0 radical (unpaired) electrons. The number of benzene rings is 8. The summed E-state index contributed by atoms with van der Waals surface area (Å²) in [5.74, 6) is 1.83. The molecule has 0 saturated carbocycles. The van der Waals surface area contributed by atoms with Gasteiger partial charge in [0.1, 0.15) is 11.2 Å². The minimum absolute atomic E-state index is 0.589. The van der Waals surface area contributed by atoms with Crippen molar-refractivity contribution < 1.29 is 4.42 Å². The van der Waals surface area contributed by atoms with Crippen molar-refractivity contribution in [2.75, 3.05) is 0 Å². The Morgan fingerprint density at radius 2 is 0.875 bits per heavy atom. The molecule has 0 unspecified atom stereocenters. The molecule has 3 heterocycles. The van der Waals surface area contributed by atoms with Crippen molar-refractivity contribution >= 4 is 53.4 Å². The van der Waals surface area contributed by atoms with Gasteiger partial charge in [-0.3, -0.25) is 0 Å². The summed E-state index contributed by atoms with van der Waals surface area (Å²) in [4.78, 5) is 15.1. The first-order valence-electron chi connectivity index (χ1n) is 18.7. The third-order valence-electron chi connectivity index (χ3n) is 10.5. The topological polar surface area (TPSA) is 51.8 Å². The van der Waals surface area contributed by atoms with Crippen molar-refractivity contribution in [1.82, 2.24) is 15.0 Å². The standard InChI is InChI=1S/C51H31N3OS/c1-4-13-32(14-5-1)34-23-25-36(26-24-34)50-52-49(35-17-8-3-9-18-35)53-51(54-50)37-27-28-40-44(30-37)55-43-21-12-20-39(47(40)43)42-29-38(33-15-6-2-7-16-33)31-46-48(42)41-19-10-11-22-45(41)56-46/h1-31H. The molecular formula is C51H31N3OS. The fourth-order valence-electron chi connectivity index (χ4n) is 7.85. The summed E-state index contributed by atoms with van der Waals surface area (Å²) in [5, 5.41) is 4.68. The molecule has 4 nitrogen and oxygen atoms in total. The van der Waals surface area contributed by atoms with Crippen molar-refractivity contribution in [3.8, 4) is 67.5 Å². The predicted octanol–water partition coefficient (Wildman–Crippen LogP) is 14.1. The van der Waals surface area contributed by atoms with Crippen molar-refractivity contribution in [3.05, 3.63) is 188 Å². The molecule has 0 N–H and O–H groups in total. The van der Waals surface area contributed by atoms with Gasteiger partial charge >= 0.3 is 0 Å². The van der Waals surface area contributed by atoms with E-state index in [2.05, 4.69) is 152 Å². The predicted molar refractivity (Wildman–Crippen MR) is 233 cm³/mol. The van der Waals surface area contributed by atoms with E-state index < -0.39 is 0 Å². The lowest BCUT2D eigenvalue weighted by atomic mass is 9.92. The highest BCUT2D eigenvalue weighted by Crippen LogP contribution is 2.46. The number of thiophene rings is 1. The first kappa shape index (κ1) is 32.2. The average Bonchev–Trinajstić information content (AvgIpc) is 3.85. The van der Waals surface area contributed by atoms with Gasteiger partial charge in [0.2, 0.25) is 0 Å². The lowest BCUT2D eigenvalue weighted by Crippen LogP contribution is -2.00. The maximum atomic E-state index is 6.69. The van der Waals surface area contributed by atoms with E-state index in [0.29, 0.717) is 17.5 Å². The van der Waals surface area contributed by atoms with Crippen molar-refractivity contribution in [3.63, 3.8) is 0 Å². The summed E-state index contributed by atoms with van der Waals surface area (Å²) in [6, 6.07) is 65.7. The summed E-state index contributed by atoms with van der Waals surface area (Å²) < 4.78 is 9.24. The Labute approximate surface area is 327 Å². The summed E-state index contributed by atoms with van der Waals surface area (Å²) in [7, 11) is 0. The van der Waals surface area contributed by atoms with Crippen LogP contribution in [0.4, 0.5) is 0 Å². The van der Waals surface area contributed by atoms with Gasteiger partial charge in [0.25, 0.3) is 0 Å². The van der Waals surface area contributed by atoms with Crippen molar-refractivity contribution in [2.45, 2.75) is 0 Å². The van der Waals surface area contributed by atoms with Crippen LogP contribution in [0.2, 0.25) is 0 Å². The maximum Gasteiger partial charge on any atom is 0.164 e. The molecule has 0 fully saturated rings. The summed E-state index contributed by atoms with van der Waals surface area (Å²) in [6.45, 7) is 0. The molecule has 0 aliphatic heterocycles. The van der Waals surface area contributed by atoms with Gasteiger partial charge in [-0.05, 0) is 69.8 Å². The van der Waals surface area contributed by atoms with Crippen LogP contribution in [0, 0.1) is 0 Å². The monoisotopic (exact) mass is 733 g/mol. The highest BCUT2D eigenvalue weighted by molar-refractivity contribution is 7.26. The molecule has 8 aromatic carbocycles. The summed E-state index contributed by atoms with van der Waals surface area (Å²) in [5.41, 5.74) is 11.4. The van der Waals surface area contributed by atoms with Gasteiger partial charge in [0.05, 0.1) is 0 Å². The number of nitrogens with zero attached hydrogens (tertiary/aromatic N) is 3. The smallest absolute Gasteiger partial charge is 0.164 e. The zero-order valence-electron chi connectivity index (χ0n) is 30.1. The lowest BCUT2D eigenvalue weighted by molar-refractivity contribution is 0.669. The molecule has 11 rings (SSSR count). The second kappa shape index (κ2) is 13.3. The van der Waals surface area contributed by atoms with Crippen LogP contribution in [-0.2, 0) is 0 Å². The van der Waals surface area contributed by atoms with E-state index in [1.54, 1.807) is 0 Å². The Kier molecular flexibility index (Phi) is 7.64. The molecule has 0 atom stereocenters. The second-order valence-electron chi connectivity index (χ2n) is 14.0. The van der Waals surface area contributed by atoms with Crippen LogP contribution in [0.15, 0.2) is 192 Å². The zero-order valence-corrected chi connectivity index (χ0v) is 30.9. The number of hydrogen-bond acceptors (Lipinski definition) is 5. The van der Waals surface area contributed by atoms with Crippen LogP contribution in [0.25, 0.3) is 110 Å². The highest BCUT2D eigenvalue weighted by atomic mass is 32.1. The zero-order chi connectivity index (χ0) is 37.0. The van der Waals surface area contributed by atoms with E-state index in [4.69, 9.17) is 19.4 Å². The maximum absolute atomic E-state index is 6.69. The molecule has 262 valence electrons. The van der Waals surface area contributed by atoms with Gasteiger partial charge in [-0.2, -0.15) is 0 Å². The van der Waals surface area contributed by atoms with Gasteiger partial charge in [0, 0.05) is 47.6 Å². The third-order valence-corrected chi connectivity index (χ3v) is 11.7. The van der Waals surface area contributed by atoms with Crippen LogP contribution in [0.3, 0.4) is 0 Å². The van der Waals surface area contributed by atoms with Crippen LogP contribution < -0.4 is 0 Å². The summed E-state index contributed by atoms with van der Waals surface area (Å²) in [6.07, 6.45) is 0. The van der Waals surface area contributed by atoms with Gasteiger partial charge < -0.3 is 4.42 Å². The Morgan fingerprint density at radius 3 is 1.59 bits per heavy atom. The third kappa shape index (κ3) is 5.56. The highest BCUT2D eigenvalue weighted by Gasteiger charge is 2.20. The van der Waals surface area contributed by atoms with Crippen molar-refractivity contribution in [2.24, 2.45) is 0 Å².